The highest BCUT2D eigenvalue weighted by Crippen LogP contribution is 2.25. The highest BCUT2D eigenvalue weighted by atomic mass is 16.3. The Kier molecular flexibility index (Phi) is 5.19. The van der Waals surface area contributed by atoms with Crippen LogP contribution < -0.4 is 10.6 Å². The van der Waals surface area contributed by atoms with Crippen LogP contribution in [-0.2, 0) is 0 Å². The van der Waals surface area contributed by atoms with E-state index in [0.29, 0.717) is 0 Å². The molecule has 4 nitrogen and oxygen atoms in total. The summed E-state index contributed by atoms with van der Waals surface area (Å²) < 4.78 is 0. The van der Waals surface area contributed by atoms with E-state index in [0.717, 1.165) is 39.1 Å². The van der Waals surface area contributed by atoms with Crippen molar-refractivity contribution >= 4 is 5.69 Å². The maximum Gasteiger partial charge on any atom is 0.0558 e. The molecule has 1 saturated heterocycles. The molecule has 1 heterocycles. The molecule has 19 heavy (non-hydrogen) atoms. The lowest BCUT2D eigenvalue weighted by Crippen LogP contribution is -2.33. The van der Waals surface area contributed by atoms with Gasteiger partial charge in [0.15, 0.2) is 0 Å². The van der Waals surface area contributed by atoms with Crippen LogP contribution >= 0.6 is 0 Å². The van der Waals surface area contributed by atoms with Crippen molar-refractivity contribution in [3.05, 3.63) is 29.8 Å². The van der Waals surface area contributed by atoms with Gasteiger partial charge in [-0.15, -0.1) is 0 Å². The molecule has 0 aromatic heterocycles. The van der Waals surface area contributed by atoms with E-state index < -0.39 is 0 Å². The van der Waals surface area contributed by atoms with Gasteiger partial charge in [0.1, 0.15) is 0 Å². The predicted molar refractivity (Wildman–Crippen MR) is 79.4 cm³/mol. The van der Waals surface area contributed by atoms with Gasteiger partial charge in [0.05, 0.1) is 6.61 Å². The smallest absolute Gasteiger partial charge is 0.0558 e. The lowest BCUT2D eigenvalue weighted by molar-refractivity contribution is 0.204. The molecule has 0 amide bonds. The van der Waals surface area contributed by atoms with Crippen molar-refractivity contribution in [2.75, 3.05) is 44.2 Å². The molecule has 0 bridgehead atoms. The van der Waals surface area contributed by atoms with E-state index in [1.165, 1.54) is 11.3 Å². The van der Waals surface area contributed by atoms with Gasteiger partial charge in [-0.25, -0.2) is 0 Å². The van der Waals surface area contributed by atoms with Crippen LogP contribution in [0, 0.1) is 0 Å². The third kappa shape index (κ3) is 3.69. The van der Waals surface area contributed by atoms with Gasteiger partial charge in [0, 0.05) is 37.9 Å². The zero-order valence-electron chi connectivity index (χ0n) is 11.8. The molecular formula is C15H25N3O. The molecule has 106 valence electrons. The molecule has 0 saturated carbocycles. The standard InChI is InChI=1S/C15H25N3O/c1-13(16)14-5-2-3-6-15(14)18-8-4-7-17(9-10-18)11-12-19/h2-3,5-6,13,19H,4,7-12,16H2,1H3. The second kappa shape index (κ2) is 6.89. The molecule has 3 N–H and O–H groups in total. The van der Waals surface area contributed by atoms with Gasteiger partial charge in [-0.05, 0) is 31.5 Å². The Labute approximate surface area is 115 Å². The molecular weight excluding hydrogens is 238 g/mol. The van der Waals surface area contributed by atoms with E-state index in [9.17, 15) is 0 Å². The summed E-state index contributed by atoms with van der Waals surface area (Å²) in [6.07, 6.45) is 1.13. The molecule has 1 aliphatic heterocycles. The monoisotopic (exact) mass is 263 g/mol. The van der Waals surface area contributed by atoms with Crippen LogP contribution in [0.4, 0.5) is 5.69 Å². The largest absolute Gasteiger partial charge is 0.395 e. The Morgan fingerprint density at radius 1 is 1.21 bits per heavy atom. The molecule has 0 radical (unpaired) electrons. The van der Waals surface area contributed by atoms with Crippen molar-refractivity contribution < 1.29 is 5.11 Å². The fraction of sp³-hybridized carbons (Fsp3) is 0.600. The van der Waals surface area contributed by atoms with Gasteiger partial charge in [-0.1, -0.05) is 18.2 Å². The van der Waals surface area contributed by atoms with Gasteiger partial charge in [0.2, 0.25) is 0 Å². The zero-order chi connectivity index (χ0) is 13.7. The maximum atomic E-state index is 9.04. The van der Waals surface area contributed by atoms with Gasteiger partial charge >= 0.3 is 0 Å². The number of aliphatic hydroxyl groups excluding tert-OH is 1. The van der Waals surface area contributed by atoms with Crippen molar-refractivity contribution in [2.45, 2.75) is 19.4 Å². The first kappa shape index (κ1) is 14.3. The van der Waals surface area contributed by atoms with Crippen molar-refractivity contribution in [3.8, 4) is 0 Å². The highest BCUT2D eigenvalue weighted by molar-refractivity contribution is 5.55. The van der Waals surface area contributed by atoms with Crippen LogP contribution in [0.3, 0.4) is 0 Å². The first-order valence-corrected chi connectivity index (χ1v) is 7.15. The summed E-state index contributed by atoms with van der Waals surface area (Å²) in [5.74, 6) is 0. The van der Waals surface area contributed by atoms with Gasteiger partial charge in [0.25, 0.3) is 0 Å². The van der Waals surface area contributed by atoms with Crippen molar-refractivity contribution in [2.24, 2.45) is 5.73 Å². The fourth-order valence-corrected chi connectivity index (χ4v) is 2.74. The van der Waals surface area contributed by atoms with Crippen LogP contribution in [0.1, 0.15) is 24.9 Å². The first-order valence-electron chi connectivity index (χ1n) is 7.15. The van der Waals surface area contributed by atoms with Gasteiger partial charge in [-0.2, -0.15) is 0 Å². The lowest BCUT2D eigenvalue weighted by Gasteiger charge is -2.27. The molecule has 0 aliphatic carbocycles. The number of β-amino-alcohol motifs (C(OH)–C–C–N with tert-alkyl or cyclic N) is 1. The summed E-state index contributed by atoms with van der Waals surface area (Å²) in [6, 6.07) is 8.49. The Morgan fingerprint density at radius 2 is 2.00 bits per heavy atom. The number of aliphatic hydroxyl groups is 1. The highest BCUT2D eigenvalue weighted by Gasteiger charge is 2.17. The maximum absolute atomic E-state index is 9.04. The molecule has 1 fully saturated rings. The minimum atomic E-state index is 0.0630. The SMILES string of the molecule is CC(N)c1ccccc1N1CCCN(CCO)CC1. The van der Waals surface area contributed by atoms with Crippen LogP contribution in [0.5, 0.6) is 0 Å². The van der Waals surface area contributed by atoms with E-state index in [4.69, 9.17) is 10.8 Å². The molecule has 0 spiro atoms. The molecule has 1 aromatic rings. The molecule has 1 unspecified atom stereocenters. The normalized spacial score (nSPS) is 19.2. The zero-order valence-corrected chi connectivity index (χ0v) is 11.8. The van der Waals surface area contributed by atoms with E-state index >= 15 is 0 Å². The predicted octanol–water partition coefficient (Wildman–Crippen LogP) is 1.21. The molecule has 2 rings (SSSR count). The summed E-state index contributed by atoms with van der Waals surface area (Å²) in [4.78, 5) is 4.75. The minimum absolute atomic E-state index is 0.0630. The topological polar surface area (TPSA) is 52.7 Å². The summed E-state index contributed by atoms with van der Waals surface area (Å²) in [5, 5.41) is 9.04. The number of nitrogens with two attached hydrogens (primary N) is 1. The fourth-order valence-electron chi connectivity index (χ4n) is 2.74. The van der Waals surface area contributed by atoms with Crippen molar-refractivity contribution in [1.29, 1.82) is 0 Å². The first-order chi connectivity index (χ1) is 9.22. The number of benzene rings is 1. The Morgan fingerprint density at radius 3 is 2.74 bits per heavy atom. The molecule has 1 atom stereocenters. The third-order valence-electron chi connectivity index (χ3n) is 3.77. The number of para-hydroxylation sites is 1. The van der Waals surface area contributed by atoms with Gasteiger partial charge < -0.3 is 15.7 Å². The van der Waals surface area contributed by atoms with Crippen molar-refractivity contribution in [1.82, 2.24) is 4.90 Å². The summed E-state index contributed by atoms with van der Waals surface area (Å²) in [6.45, 7) is 7.20. The van der Waals surface area contributed by atoms with Crippen LogP contribution in [0.2, 0.25) is 0 Å². The van der Waals surface area contributed by atoms with Gasteiger partial charge in [-0.3, -0.25) is 4.90 Å². The summed E-state index contributed by atoms with van der Waals surface area (Å²) >= 11 is 0. The molecule has 1 aliphatic rings. The number of hydrogen-bond acceptors (Lipinski definition) is 4. The van der Waals surface area contributed by atoms with E-state index in [1.807, 2.05) is 6.92 Å². The number of hydrogen-bond donors (Lipinski definition) is 2. The Balaban J connectivity index is 2.10. The quantitative estimate of drug-likeness (QED) is 0.857. The van der Waals surface area contributed by atoms with E-state index in [2.05, 4.69) is 34.1 Å². The Hall–Kier alpha value is -1.10. The Bertz CT molecular complexity index is 395. The van der Waals surface area contributed by atoms with Crippen molar-refractivity contribution in [3.63, 3.8) is 0 Å². The van der Waals surface area contributed by atoms with Crippen LogP contribution in [-0.4, -0.2) is 49.3 Å². The number of nitrogens with zero attached hydrogens (tertiary/aromatic N) is 2. The van der Waals surface area contributed by atoms with E-state index in [-0.39, 0.29) is 12.6 Å². The average molecular weight is 263 g/mol. The summed E-state index contributed by atoms with van der Waals surface area (Å²) in [5.41, 5.74) is 8.55. The van der Waals surface area contributed by atoms with E-state index in [1.54, 1.807) is 0 Å². The molecule has 4 heteroatoms. The second-order valence-electron chi connectivity index (χ2n) is 5.25. The summed E-state index contributed by atoms with van der Waals surface area (Å²) in [7, 11) is 0. The number of anilines is 1. The third-order valence-corrected chi connectivity index (χ3v) is 3.77. The molecule has 1 aromatic carbocycles. The minimum Gasteiger partial charge on any atom is -0.395 e. The number of rotatable bonds is 4. The van der Waals surface area contributed by atoms with Crippen LogP contribution in [0.25, 0.3) is 0 Å². The van der Waals surface area contributed by atoms with Crippen LogP contribution in [0.15, 0.2) is 24.3 Å². The second-order valence-corrected chi connectivity index (χ2v) is 5.25. The lowest BCUT2D eigenvalue weighted by atomic mass is 10.1. The average Bonchev–Trinajstić information content (AvgIpc) is 2.65.